The minimum atomic E-state index is 0.126. The quantitative estimate of drug-likeness (QED) is 0.826. The molecule has 0 amide bonds. The Bertz CT molecular complexity index is 352. The Balaban J connectivity index is 2.22. The first kappa shape index (κ1) is 11.5. The first-order chi connectivity index (χ1) is 7.50. The summed E-state index contributed by atoms with van der Waals surface area (Å²) in [6, 6.07) is 8.82. The molecule has 0 bridgehead atoms. The fourth-order valence-corrected chi connectivity index (χ4v) is 2.54. The lowest BCUT2D eigenvalue weighted by Gasteiger charge is -2.33. The van der Waals surface area contributed by atoms with E-state index in [0.717, 1.165) is 0 Å². The highest BCUT2D eigenvalue weighted by Crippen LogP contribution is 2.33. The second-order valence-corrected chi connectivity index (χ2v) is 5.45. The summed E-state index contributed by atoms with van der Waals surface area (Å²) >= 11 is 0. The molecule has 2 rings (SSSR count). The highest BCUT2D eigenvalue weighted by Gasteiger charge is 2.31. The Morgan fingerprint density at radius 3 is 2.31 bits per heavy atom. The first-order valence-electron chi connectivity index (χ1n) is 6.14. The SMILES string of the molecule is C[C@@H](N)c1ccc(N2CCCC2(C)C)cc1. The summed E-state index contributed by atoms with van der Waals surface area (Å²) in [5.41, 5.74) is 8.69. The van der Waals surface area contributed by atoms with Gasteiger partial charge in [0.25, 0.3) is 0 Å². The standard InChI is InChI=1S/C14H22N2/c1-11(15)12-5-7-13(8-6-12)16-10-4-9-14(16,2)3/h5-8,11H,4,9-10,15H2,1-3H3/t11-/m1/s1. The van der Waals surface area contributed by atoms with Gasteiger partial charge in [0.15, 0.2) is 0 Å². The van der Waals surface area contributed by atoms with Gasteiger partial charge in [0.1, 0.15) is 0 Å². The van der Waals surface area contributed by atoms with Crippen LogP contribution in [0.5, 0.6) is 0 Å². The molecular weight excluding hydrogens is 196 g/mol. The van der Waals surface area contributed by atoms with Crippen LogP contribution in [-0.4, -0.2) is 12.1 Å². The third-order valence-electron chi connectivity index (χ3n) is 3.63. The van der Waals surface area contributed by atoms with Gasteiger partial charge in [0, 0.05) is 23.8 Å². The van der Waals surface area contributed by atoms with Crippen LogP contribution in [0.3, 0.4) is 0 Å². The minimum Gasteiger partial charge on any atom is -0.366 e. The monoisotopic (exact) mass is 218 g/mol. The molecule has 1 aliphatic rings. The van der Waals surface area contributed by atoms with Gasteiger partial charge >= 0.3 is 0 Å². The molecule has 2 N–H and O–H groups in total. The van der Waals surface area contributed by atoms with Crippen molar-refractivity contribution in [2.45, 2.75) is 45.2 Å². The summed E-state index contributed by atoms with van der Waals surface area (Å²) < 4.78 is 0. The molecule has 0 spiro atoms. The Hall–Kier alpha value is -1.02. The lowest BCUT2D eigenvalue weighted by molar-refractivity contribution is 0.518. The smallest absolute Gasteiger partial charge is 0.0370 e. The summed E-state index contributed by atoms with van der Waals surface area (Å²) in [4.78, 5) is 2.50. The van der Waals surface area contributed by atoms with Crippen molar-refractivity contribution in [3.8, 4) is 0 Å². The van der Waals surface area contributed by atoms with E-state index < -0.39 is 0 Å². The normalized spacial score (nSPS) is 21.1. The number of hydrogen-bond donors (Lipinski definition) is 1. The largest absolute Gasteiger partial charge is 0.366 e. The number of rotatable bonds is 2. The van der Waals surface area contributed by atoms with E-state index in [9.17, 15) is 0 Å². The van der Waals surface area contributed by atoms with Crippen LogP contribution in [-0.2, 0) is 0 Å². The van der Waals surface area contributed by atoms with Gasteiger partial charge < -0.3 is 10.6 Å². The van der Waals surface area contributed by atoms with Gasteiger partial charge in [-0.3, -0.25) is 0 Å². The van der Waals surface area contributed by atoms with Crippen molar-refractivity contribution in [2.75, 3.05) is 11.4 Å². The molecule has 1 heterocycles. The fraction of sp³-hybridized carbons (Fsp3) is 0.571. The average Bonchev–Trinajstić information content (AvgIpc) is 2.58. The molecule has 1 atom stereocenters. The number of benzene rings is 1. The zero-order valence-corrected chi connectivity index (χ0v) is 10.5. The van der Waals surface area contributed by atoms with Crippen LogP contribution in [0.4, 0.5) is 5.69 Å². The molecule has 1 aliphatic heterocycles. The van der Waals surface area contributed by atoms with E-state index in [1.165, 1.54) is 30.6 Å². The summed E-state index contributed by atoms with van der Waals surface area (Å²) in [5.74, 6) is 0. The van der Waals surface area contributed by atoms with Gasteiger partial charge in [0.2, 0.25) is 0 Å². The van der Waals surface area contributed by atoms with E-state index in [-0.39, 0.29) is 6.04 Å². The van der Waals surface area contributed by atoms with Crippen molar-refractivity contribution in [1.82, 2.24) is 0 Å². The van der Waals surface area contributed by atoms with Crippen molar-refractivity contribution >= 4 is 5.69 Å². The zero-order chi connectivity index (χ0) is 11.8. The van der Waals surface area contributed by atoms with E-state index in [0.29, 0.717) is 5.54 Å². The van der Waals surface area contributed by atoms with Crippen LogP contribution < -0.4 is 10.6 Å². The summed E-state index contributed by atoms with van der Waals surface area (Å²) in [5, 5.41) is 0. The Kier molecular flexibility index (Phi) is 2.94. The molecule has 2 heteroatoms. The van der Waals surface area contributed by atoms with Gasteiger partial charge in [-0.25, -0.2) is 0 Å². The molecule has 1 saturated heterocycles. The molecule has 1 aromatic carbocycles. The summed E-state index contributed by atoms with van der Waals surface area (Å²) in [7, 11) is 0. The zero-order valence-electron chi connectivity index (χ0n) is 10.5. The second kappa shape index (κ2) is 4.10. The molecule has 1 aromatic rings. The fourth-order valence-electron chi connectivity index (χ4n) is 2.54. The van der Waals surface area contributed by atoms with Crippen LogP contribution in [0, 0.1) is 0 Å². The van der Waals surface area contributed by atoms with Crippen molar-refractivity contribution in [3.63, 3.8) is 0 Å². The lowest BCUT2D eigenvalue weighted by atomic mass is 10.0. The molecule has 0 aliphatic carbocycles. The van der Waals surface area contributed by atoms with Gasteiger partial charge in [-0.1, -0.05) is 12.1 Å². The third kappa shape index (κ3) is 2.07. The highest BCUT2D eigenvalue weighted by atomic mass is 15.2. The second-order valence-electron chi connectivity index (χ2n) is 5.45. The predicted octanol–water partition coefficient (Wildman–Crippen LogP) is 3.09. The number of hydrogen-bond acceptors (Lipinski definition) is 2. The molecule has 0 saturated carbocycles. The Morgan fingerprint density at radius 1 is 1.25 bits per heavy atom. The lowest BCUT2D eigenvalue weighted by Crippen LogP contribution is -2.38. The van der Waals surface area contributed by atoms with Crippen molar-refractivity contribution in [1.29, 1.82) is 0 Å². The van der Waals surface area contributed by atoms with Crippen LogP contribution in [0.25, 0.3) is 0 Å². The maximum absolute atomic E-state index is 5.86. The summed E-state index contributed by atoms with van der Waals surface area (Å²) in [6.07, 6.45) is 2.57. The molecular formula is C14H22N2. The average molecular weight is 218 g/mol. The predicted molar refractivity (Wildman–Crippen MR) is 69.7 cm³/mol. The molecule has 0 aromatic heterocycles. The third-order valence-corrected chi connectivity index (χ3v) is 3.63. The maximum atomic E-state index is 5.86. The van der Waals surface area contributed by atoms with Crippen LogP contribution in [0.1, 0.15) is 45.2 Å². The van der Waals surface area contributed by atoms with E-state index in [1.807, 2.05) is 6.92 Å². The minimum absolute atomic E-state index is 0.126. The van der Waals surface area contributed by atoms with Crippen LogP contribution in [0.2, 0.25) is 0 Å². The van der Waals surface area contributed by atoms with Crippen LogP contribution >= 0.6 is 0 Å². The van der Waals surface area contributed by atoms with Gasteiger partial charge in [-0.15, -0.1) is 0 Å². The number of anilines is 1. The number of nitrogens with zero attached hydrogens (tertiary/aromatic N) is 1. The Labute approximate surface area is 98.4 Å². The molecule has 16 heavy (non-hydrogen) atoms. The van der Waals surface area contributed by atoms with E-state index >= 15 is 0 Å². The van der Waals surface area contributed by atoms with Gasteiger partial charge in [0.05, 0.1) is 0 Å². The van der Waals surface area contributed by atoms with Crippen molar-refractivity contribution in [3.05, 3.63) is 29.8 Å². The van der Waals surface area contributed by atoms with Crippen molar-refractivity contribution < 1.29 is 0 Å². The molecule has 2 nitrogen and oxygen atoms in total. The molecule has 0 unspecified atom stereocenters. The van der Waals surface area contributed by atoms with E-state index in [2.05, 4.69) is 43.0 Å². The Morgan fingerprint density at radius 2 is 1.88 bits per heavy atom. The molecule has 88 valence electrons. The van der Waals surface area contributed by atoms with Gasteiger partial charge in [-0.05, 0) is 51.3 Å². The molecule has 0 radical (unpaired) electrons. The number of nitrogens with two attached hydrogens (primary N) is 1. The summed E-state index contributed by atoms with van der Waals surface area (Å²) in [6.45, 7) is 7.83. The molecule has 1 fully saturated rings. The highest BCUT2D eigenvalue weighted by molar-refractivity contribution is 5.51. The first-order valence-corrected chi connectivity index (χ1v) is 6.14. The maximum Gasteiger partial charge on any atom is 0.0370 e. The van der Waals surface area contributed by atoms with E-state index in [1.54, 1.807) is 0 Å². The van der Waals surface area contributed by atoms with Crippen LogP contribution in [0.15, 0.2) is 24.3 Å². The van der Waals surface area contributed by atoms with Crippen molar-refractivity contribution in [2.24, 2.45) is 5.73 Å². The van der Waals surface area contributed by atoms with Gasteiger partial charge in [-0.2, -0.15) is 0 Å². The van der Waals surface area contributed by atoms with E-state index in [4.69, 9.17) is 5.73 Å². The topological polar surface area (TPSA) is 29.3 Å².